The van der Waals surface area contributed by atoms with Crippen molar-refractivity contribution in [1.82, 2.24) is 19.3 Å². The average Bonchev–Trinajstić information content (AvgIpc) is 2.83. The summed E-state index contributed by atoms with van der Waals surface area (Å²) in [4.78, 5) is 30.8. The Morgan fingerprint density at radius 3 is 2.70 bits per heavy atom. The summed E-state index contributed by atoms with van der Waals surface area (Å²) in [5.41, 5.74) is 2.62. The summed E-state index contributed by atoms with van der Waals surface area (Å²) in [6.45, 7) is 6.13. The summed E-state index contributed by atoms with van der Waals surface area (Å²) >= 11 is 0. The largest absolute Gasteiger partial charge is 0.497 e. The van der Waals surface area contributed by atoms with Crippen LogP contribution in [-0.2, 0) is 13.0 Å². The minimum absolute atomic E-state index is 0.00223. The molecule has 1 aromatic carbocycles. The molecule has 0 radical (unpaired) electrons. The van der Waals surface area contributed by atoms with Crippen LogP contribution in [0.5, 0.6) is 5.75 Å². The summed E-state index contributed by atoms with van der Waals surface area (Å²) in [6.07, 6.45) is 3.81. The minimum atomic E-state index is -0.436. The van der Waals surface area contributed by atoms with E-state index in [2.05, 4.69) is 11.9 Å². The van der Waals surface area contributed by atoms with Crippen molar-refractivity contribution in [2.75, 3.05) is 13.7 Å². The quantitative estimate of drug-likeness (QED) is 0.339. The Kier molecular flexibility index (Phi) is 6.08. The molecule has 0 aliphatic rings. The molecule has 1 amide bonds. The van der Waals surface area contributed by atoms with Crippen LogP contribution in [-0.4, -0.2) is 33.5 Å². The van der Waals surface area contributed by atoms with Crippen LogP contribution < -0.4 is 21.1 Å². The van der Waals surface area contributed by atoms with Crippen LogP contribution in [0.3, 0.4) is 0 Å². The van der Waals surface area contributed by atoms with Crippen LogP contribution in [0.15, 0.2) is 66.1 Å². The van der Waals surface area contributed by atoms with Crippen molar-refractivity contribution in [3.63, 3.8) is 0 Å². The topological polar surface area (TPSA) is 101 Å². The Hall–Kier alpha value is -4.20. The minimum Gasteiger partial charge on any atom is -0.497 e. The Morgan fingerprint density at radius 1 is 1.24 bits per heavy atom. The van der Waals surface area contributed by atoms with Gasteiger partial charge in [-0.15, -0.1) is 6.58 Å². The smallest absolute Gasteiger partial charge is 0.267 e. The number of hydrogen-bond acceptors (Lipinski definition) is 5. The van der Waals surface area contributed by atoms with Gasteiger partial charge in [-0.25, -0.2) is 4.98 Å². The van der Waals surface area contributed by atoms with Gasteiger partial charge in [-0.05, 0) is 48.7 Å². The number of carbonyl (C=O) groups excluding carboxylic acids is 1. The first-order chi connectivity index (χ1) is 15.9. The second-order valence-corrected chi connectivity index (χ2v) is 7.69. The number of pyridine rings is 2. The fourth-order valence-electron chi connectivity index (χ4n) is 3.78. The van der Waals surface area contributed by atoms with E-state index in [1.807, 2.05) is 37.3 Å². The molecule has 4 aromatic rings. The highest BCUT2D eigenvalue weighted by molar-refractivity contribution is 5.96. The maximum atomic E-state index is 13.3. The third kappa shape index (κ3) is 4.15. The molecule has 0 spiro atoms. The Labute approximate surface area is 190 Å². The molecule has 0 atom stereocenters. The second-order valence-electron chi connectivity index (χ2n) is 7.69. The van der Waals surface area contributed by atoms with Gasteiger partial charge in [0.2, 0.25) is 0 Å². The molecule has 2 N–H and O–H groups in total. The van der Waals surface area contributed by atoms with Crippen LogP contribution in [0.25, 0.3) is 16.7 Å². The summed E-state index contributed by atoms with van der Waals surface area (Å²) < 4.78 is 8.32. The summed E-state index contributed by atoms with van der Waals surface area (Å²) in [5, 5.41) is 11.7. The van der Waals surface area contributed by atoms with Crippen molar-refractivity contribution >= 4 is 22.6 Å². The summed E-state index contributed by atoms with van der Waals surface area (Å²) in [7, 11) is 1.61. The molecular weight excluding hydrogens is 418 g/mol. The van der Waals surface area contributed by atoms with E-state index in [1.165, 1.54) is 10.5 Å². The SMILES string of the molecule is C=CCNC(=O)c1cc2c(=O)n3cccc(C)c3nc2n(CCc2ccc(OC)cc2)c1=N. The van der Waals surface area contributed by atoms with Crippen molar-refractivity contribution in [3.05, 3.63) is 93.8 Å². The van der Waals surface area contributed by atoms with Crippen molar-refractivity contribution < 1.29 is 9.53 Å². The number of aryl methyl sites for hydroxylation is 3. The molecule has 8 heteroatoms. The number of aromatic nitrogens is 3. The van der Waals surface area contributed by atoms with Crippen LogP contribution in [0.2, 0.25) is 0 Å². The molecule has 8 nitrogen and oxygen atoms in total. The van der Waals surface area contributed by atoms with Gasteiger partial charge >= 0.3 is 0 Å². The molecule has 3 heterocycles. The Bertz CT molecular complexity index is 1480. The van der Waals surface area contributed by atoms with Gasteiger partial charge in [-0.2, -0.15) is 0 Å². The Morgan fingerprint density at radius 2 is 2.00 bits per heavy atom. The molecule has 0 saturated heterocycles. The number of rotatable bonds is 7. The van der Waals surface area contributed by atoms with Crippen LogP contribution in [0.1, 0.15) is 21.5 Å². The van der Waals surface area contributed by atoms with Gasteiger partial charge in [0.15, 0.2) is 0 Å². The van der Waals surface area contributed by atoms with E-state index in [4.69, 9.17) is 15.1 Å². The van der Waals surface area contributed by atoms with Crippen molar-refractivity contribution in [2.24, 2.45) is 0 Å². The average molecular weight is 444 g/mol. The molecule has 0 unspecified atom stereocenters. The molecule has 33 heavy (non-hydrogen) atoms. The van der Waals surface area contributed by atoms with Gasteiger partial charge in [-0.1, -0.05) is 24.3 Å². The third-order valence-electron chi connectivity index (χ3n) is 5.57. The number of methoxy groups -OCH3 is 1. The highest BCUT2D eigenvalue weighted by Crippen LogP contribution is 2.15. The first kappa shape index (κ1) is 22.0. The number of carbonyl (C=O) groups is 1. The molecule has 0 bridgehead atoms. The summed E-state index contributed by atoms with van der Waals surface area (Å²) in [6, 6.07) is 12.8. The standard InChI is InChI=1S/C25H25N5O3/c1-4-12-27-24(31)19-15-20-23(28-22-16(2)6-5-13-30(22)25(20)32)29(21(19)26)14-11-17-7-9-18(33-3)10-8-17/h4-10,13,15,26H,1,11-12,14H2,2-3H3,(H,27,31). The number of benzene rings is 1. The maximum absolute atomic E-state index is 13.3. The fraction of sp³-hybridized carbons (Fsp3) is 0.200. The van der Waals surface area contributed by atoms with E-state index in [0.717, 1.165) is 16.9 Å². The van der Waals surface area contributed by atoms with Gasteiger partial charge in [0.1, 0.15) is 22.5 Å². The van der Waals surface area contributed by atoms with Gasteiger partial charge in [0.05, 0.1) is 18.1 Å². The maximum Gasteiger partial charge on any atom is 0.267 e. The normalized spacial score (nSPS) is 11.0. The predicted molar refractivity (Wildman–Crippen MR) is 127 cm³/mol. The van der Waals surface area contributed by atoms with E-state index in [1.54, 1.807) is 30.0 Å². The van der Waals surface area contributed by atoms with E-state index in [-0.39, 0.29) is 28.5 Å². The lowest BCUT2D eigenvalue weighted by Gasteiger charge is -2.15. The Balaban J connectivity index is 1.91. The number of fused-ring (bicyclic) bond motifs is 2. The van der Waals surface area contributed by atoms with Gasteiger partial charge < -0.3 is 14.6 Å². The molecule has 0 saturated carbocycles. The third-order valence-corrected chi connectivity index (χ3v) is 5.57. The number of amides is 1. The van der Waals surface area contributed by atoms with Gasteiger partial charge in [0, 0.05) is 19.3 Å². The first-order valence-corrected chi connectivity index (χ1v) is 10.6. The van der Waals surface area contributed by atoms with E-state index in [9.17, 15) is 9.59 Å². The van der Waals surface area contributed by atoms with Crippen molar-refractivity contribution in [1.29, 1.82) is 5.41 Å². The number of ether oxygens (including phenoxy) is 1. The van der Waals surface area contributed by atoms with Crippen molar-refractivity contribution in [3.8, 4) is 5.75 Å². The lowest BCUT2D eigenvalue weighted by atomic mass is 10.1. The zero-order valence-electron chi connectivity index (χ0n) is 18.6. The fourth-order valence-corrected chi connectivity index (χ4v) is 3.78. The van der Waals surface area contributed by atoms with E-state index >= 15 is 0 Å². The zero-order chi connectivity index (χ0) is 23.5. The van der Waals surface area contributed by atoms with E-state index < -0.39 is 5.91 Å². The number of hydrogen-bond donors (Lipinski definition) is 2. The first-order valence-electron chi connectivity index (χ1n) is 10.6. The molecule has 4 rings (SSSR count). The lowest BCUT2D eigenvalue weighted by molar-refractivity contribution is 0.0955. The predicted octanol–water partition coefficient (Wildman–Crippen LogP) is 2.60. The molecule has 168 valence electrons. The zero-order valence-corrected chi connectivity index (χ0v) is 18.6. The van der Waals surface area contributed by atoms with E-state index in [0.29, 0.717) is 24.3 Å². The molecule has 0 aliphatic heterocycles. The molecule has 0 aliphatic carbocycles. The molecular formula is C25H25N5O3. The van der Waals surface area contributed by atoms with Gasteiger partial charge in [0.25, 0.3) is 11.5 Å². The van der Waals surface area contributed by atoms with Crippen LogP contribution >= 0.6 is 0 Å². The monoisotopic (exact) mass is 443 g/mol. The highest BCUT2D eigenvalue weighted by Gasteiger charge is 2.17. The molecule has 3 aromatic heterocycles. The second kappa shape index (κ2) is 9.12. The lowest BCUT2D eigenvalue weighted by Crippen LogP contribution is -2.35. The molecule has 0 fully saturated rings. The van der Waals surface area contributed by atoms with Crippen LogP contribution in [0, 0.1) is 12.3 Å². The van der Waals surface area contributed by atoms with Crippen molar-refractivity contribution in [2.45, 2.75) is 19.9 Å². The summed E-state index contributed by atoms with van der Waals surface area (Å²) in [5.74, 6) is 0.323. The highest BCUT2D eigenvalue weighted by atomic mass is 16.5. The van der Waals surface area contributed by atoms with Crippen LogP contribution in [0.4, 0.5) is 0 Å². The van der Waals surface area contributed by atoms with Gasteiger partial charge in [-0.3, -0.25) is 19.4 Å². The number of nitrogens with zero attached hydrogens (tertiary/aromatic N) is 3. The number of nitrogens with one attached hydrogen (secondary N) is 2.